The summed E-state index contributed by atoms with van der Waals surface area (Å²) in [6.07, 6.45) is 0. The van der Waals surface area contributed by atoms with Crippen LogP contribution in [0.15, 0.2) is 30.3 Å². The van der Waals surface area contributed by atoms with Gasteiger partial charge in [0.25, 0.3) is 0 Å². The van der Waals surface area contributed by atoms with Crippen LogP contribution in [0.2, 0.25) is 0 Å². The molecule has 1 aromatic carbocycles. The van der Waals surface area contributed by atoms with E-state index in [2.05, 4.69) is 31.1 Å². The highest BCUT2D eigenvalue weighted by molar-refractivity contribution is 5.33. The Morgan fingerprint density at radius 1 is 1.13 bits per heavy atom. The number of para-hydroxylation sites is 1. The van der Waals surface area contributed by atoms with Crippen molar-refractivity contribution in [2.45, 2.75) is 26.7 Å². The van der Waals surface area contributed by atoms with Gasteiger partial charge in [0.1, 0.15) is 0 Å². The van der Waals surface area contributed by atoms with Gasteiger partial charge < -0.3 is 0 Å². The van der Waals surface area contributed by atoms with Crippen LogP contribution in [0.4, 0.5) is 0 Å². The number of rotatable bonds is 2. The Balaban J connectivity index is 2.47. The number of aromatic nitrogens is 3. The minimum absolute atomic E-state index is 0.419. The van der Waals surface area contributed by atoms with Crippen molar-refractivity contribution in [1.29, 1.82) is 0 Å². The summed E-state index contributed by atoms with van der Waals surface area (Å²) in [6.45, 7) is 6.32. The van der Waals surface area contributed by atoms with Crippen molar-refractivity contribution in [3.63, 3.8) is 0 Å². The molecule has 1 aromatic heterocycles. The van der Waals surface area contributed by atoms with Crippen LogP contribution in [-0.2, 0) is 0 Å². The van der Waals surface area contributed by atoms with E-state index in [0.29, 0.717) is 5.92 Å². The first-order valence-electron chi connectivity index (χ1n) is 5.17. The first-order valence-corrected chi connectivity index (χ1v) is 5.17. The summed E-state index contributed by atoms with van der Waals surface area (Å²) in [5.41, 5.74) is 3.25. The summed E-state index contributed by atoms with van der Waals surface area (Å²) >= 11 is 0. The Labute approximate surface area is 89.7 Å². The maximum atomic E-state index is 4.20. The molecule has 1 heterocycles. The SMILES string of the molecule is Cc1c(C(C)C)nnn1-c1ccccc1. The van der Waals surface area contributed by atoms with Crippen LogP contribution in [0, 0.1) is 6.92 Å². The average molecular weight is 201 g/mol. The van der Waals surface area contributed by atoms with Gasteiger partial charge in [-0.15, -0.1) is 5.10 Å². The van der Waals surface area contributed by atoms with Crippen LogP contribution in [-0.4, -0.2) is 15.0 Å². The molecular formula is C12H15N3. The first-order chi connectivity index (χ1) is 7.20. The zero-order valence-electron chi connectivity index (χ0n) is 9.31. The van der Waals surface area contributed by atoms with Crippen molar-refractivity contribution in [2.24, 2.45) is 0 Å². The quantitative estimate of drug-likeness (QED) is 0.748. The lowest BCUT2D eigenvalue weighted by molar-refractivity contribution is 0.773. The number of hydrogen-bond donors (Lipinski definition) is 0. The van der Waals surface area contributed by atoms with Crippen LogP contribution in [0.5, 0.6) is 0 Å². The number of nitrogens with zero attached hydrogens (tertiary/aromatic N) is 3. The van der Waals surface area contributed by atoms with E-state index in [1.165, 1.54) is 0 Å². The van der Waals surface area contributed by atoms with Crippen molar-refractivity contribution >= 4 is 0 Å². The molecule has 0 saturated carbocycles. The molecule has 78 valence electrons. The van der Waals surface area contributed by atoms with E-state index in [-0.39, 0.29) is 0 Å². The van der Waals surface area contributed by atoms with Crippen molar-refractivity contribution < 1.29 is 0 Å². The standard InChI is InChI=1S/C12H15N3/c1-9(2)12-10(3)15(14-13-12)11-7-5-4-6-8-11/h4-9H,1-3H3. The normalized spacial score (nSPS) is 10.9. The first kappa shape index (κ1) is 9.90. The molecule has 2 aromatic rings. The fourth-order valence-electron chi connectivity index (χ4n) is 1.69. The summed E-state index contributed by atoms with van der Waals surface area (Å²) < 4.78 is 1.88. The van der Waals surface area contributed by atoms with Crippen LogP contribution in [0.1, 0.15) is 31.2 Å². The van der Waals surface area contributed by atoms with Gasteiger partial charge in [-0.25, -0.2) is 4.68 Å². The Bertz CT molecular complexity index is 443. The van der Waals surface area contributed by atoms with Gasteiger partial charge in [0.15, 0.2) is 0 Å². The van der Waals surface area contributed by atoms with Gasteiger partial charge in [0.05, 0.1) is 17.1 Å². The topological polar surface area (TPSA) is 30.7 Å². The van der Waals surface area contributed by atoms with E-state index < -0.39 is 0 Å². The highest BCUT2D eigenvalue weighted by Crippen LogP contribution is 2.18. The molecule has 0 spiro atoms. The van der Waals surface area contributed by atoms with Gasteiger partial charge in [-0.05, 0) is 25.0 Å². The molecule has 2 rings (SSSR count). The molecule has 0 aliphatic heterocycles. The Morgan fingerprint density at radius 3 is 2.33 bits per heavy atom. The monoisotopic (exact) mass is 201 g/mol. The van der Waals surface area contributed by atoms with E-state index in [4.69, 9.17) is 0 Å². The molecule has 0 amide bonds. The third-order valence-corrected chi connectivity index (χ3v) is 2.48. The molecule has 3 heteroatoms. The largest absolute Gasteiger partial charge is 0.218 e. The van der Waals surface area contributed by atoms with Crippen molar-refractivity contribution in [1.82, 2.24) is 15.0 Å². The number of benzene rings is 1. The zero-order chi connectivity index (χ0) is 10.8. The fourth-order valence-corrected chi connectivity index (χ4v) is 1.69. The van der Waals surface area contributed by atoms with Crippen LogP contribution < -0.4 is 0 Å². The lowest BCUT2D eigenvalue weighted by Gasteiger charge is -2.04. The van der Waals surface area contributed by atoms with E-state index in [0.717, 1.165) is 17.1 Å². The Morgan fingerprint density at radius 2 is 1.80 bits per heavy atom. The molecule has 0 fully saturated rings. The summed E-state index contributed by atoms with van der Waals surface area (Å²) in [5.74, 6) is 0.419. The predicted octanol–water partition coefficient (Wildman–Crippen LogP) is 2.70. The number of hydrogen-bond acceptors (Lipinski definition) is 2. The molecule has 15 heavy (non-hydrogen) atoms. The Hall–Kier alpha value is -1.64. The Kier molecular flexibility index (Phi) is 2.54. The molecule has 0 saturated heterocycles. The highest BCUT2D eigenvalue weighted by atomic mass is 15.4. The van der Waals surface area contributed by atoms with Gasteiger partial charge in [-0.2, -0.15) is 0 Å². The molecule has 0 atom stereocenters. The van der Waals surface area contributed by atoms with Gasteiger partial charge in [-0.1, -0.05) is 37.3 Å². The summed E-state index contributed by atoms with van der Waals surface area (Å²) in [5, 5.41) is 8.38. The van der Waals surface area contributed by atoms with Crippen LogP contribution in [0.25, 0.3) is 5.69 Å². The molecule has 3 nitrogen and oxygen atoms in total. The van der Waals surface area contributed by atoms with Crippen molar-refractivity contribution in [3.8, 4) is 5.69 Å². The molecule has 0 bridgehead atoms. The second-order valence-corrected chi connectivity index (χ2v) is 3.96. The molecule has 0 radical (unpaired) electrons. The predicted molar refractivity (Wildman–Crippen MR) is 60.2 cm³/mol. The lowest BCUT2D eigenvalue weighted by atomic mass is 10.1. The highest BCUT2D eigenvalue weighted by Gasteiger charge is 2.12. The minimum atomic E-state index is 0.419. The molecule has 0 aliphatic carbocycles. The zero-order valence-corrected chi connectivity index (χ0v) is 9.31. The molecule has 0 N–H and O–H groups in total. The van der Waals surface area contributed by atoms with E-state index in [9.17, 15) is 0 Å². The van der Waals surface area contributed by atoms with Gasteiger partial charge in [0, 0.05) is 0 Å². The fraction of sp³-hybridized carbons (Fsp3) is 0.333. The molecular weight excluding hydrogens is 186 g/mol. The third kappa shape index (κ3) is 1.77. The van der Waals surface area contributed by atoms with Gasteiger partial charge in [0.2, 0.25) is 0 Å². The van der Waals surface area contributed by atoms with Crippen molar-refractivity contribution in [2.75, 3.05) is 0 Å². The van der Waals surface area contributed by atoms with Gasteiger partial charge >= 0.3 is 0 Å². The van der Waals surface area contributed by atoms with Crippen molar-refractivity contribution in [3.05, 3.63) is 41.7 Å². The maximum absolute atomic E-state index is 4.20. The van der Waals surface area contributed by atoms with Crippen LogP contribution >= 0.6 is 0 Å². The van der Waals surface area contributed by atoms with E-state index in [1.54, 1.807) is 0 Å². The molecule has 0 unspecified atom stereocenters. The molecule has 0 aliphatic rings. The average Bonchev–Trinajstić information content (AvgIpc) is 2.61. The summed E-state index contributed by atoms with van der Waals surface area (Å²) in [7, 11) is 0. The third-order valence-electron chi connectivity index (χ3n) is 2.48. The smallest absolute Gasteiger partial charge is 0.0886 e. The van der Waals surface area contributed by atoms with E-state index >= 15 is 0 Å². The lowest BCUT2D eigenvalue weighted by Crippen LogP contribution is -1.99. The second kappa shape index (κ2) is 3.85. The summed E-state index contributed by atoms with van der Waals surface area (Å²) in [4.78, 5) is 0. The van der Waals surface area contributed by atoms with Gasteiger partial charge in [-0.3, -0.25) is 0 Å². The minimum Gasteiger partial charge on any atom is -0.218 e. The van der Waals surface area contributed by atoms with Crippen LogP contribution in [0.3, 0.4) is 0 Å². The summed E-state index contributed by atoms with van der Waals surface area (Å²) in [6, 6.07) is 10.1. The van der Waals surface area contributed by atoms with E-state index in [1.807, 2.05) is 35.0 Å². The maximum Gasteiger partial charge on any atom is 0.0886 e. The second-order valence-electron chi connectivity index (χ2n) is 3.96.